The van der Waals surface area contributed by atoms with Gasteiger partial charge in [0, 0.05) is 13.2 Å². The molecule has 6 nitrogen and oxygen atoms in total. The van der Waals surface area contributed by atoms with Crippen LogP contribution < -0.4 is 11.3 Å². The quantitative estimate of drug-likeness (QED) is 0.454. The number of nitrogens with two attached hydrogens (primary N) is 1. The van der Waals surface area contributed by atoms with E-state index in [2.05, 4.69) is 17.2 Å². The summed E-state index contributed by atoms with van der Waals surface area (Å²) in [5.74, 6) is 5.51. The zero-order chi connectivity index (χ0) is 13.7. The molecular formula is C13H21N3O3. The smallest absolute Gasteiger partial charge is 0.268 e. The molecule has 1 fully saturated rings. The summed E-state index contributed by atoms with van der Waals surface area (Å²) in [6.45, 7) is 5.46. The molecule has 6 heteroatoms. The summed E-state index contributed by atoms with van der Waals surface area (Å²) >= 11 is 0. The Balaban J connectivity index is 1.90. The third-order valence-electron chi connectivity index (χ3n) is 3.36. The van der Waals surface area contributed by atoms with Crippen molar-refractivity contribution in [2.75, 3.05) is 19.7 Å². The Hall–Kier alpha value is -1.37. The van der Waals surface area contributed by atoms with E-state index in [1.165, 1.54) is 6.26 Å². The van der Waals surface area contributed by atoms with Gasteiger partial charge in [-0.2, -0.15) is 0 Å². The predicted octanol–water partition coefficient (Wildman–Crippen LogP) is 0.884. The number of furan rings is 1. The molecule has 1 aromatic heterocycles. The average molecular weight is 267 g/mol. The molecule has 2 heterocycles. The maximum Gasteiger partial charge on any atom is 0.268 e. The summed E-state index contributed by atoms with van der Waals surface area (Å²) in [6.07, 6.45) is 4.01. The van der Waals surface area contributed by atoms with Crippen molar-refractivity contribution in [3.05, 3.63) is 23.7 Å². The van der Waals surface area contributed by atoms with Crippen LogP contribution in [0.1, 0.15) is 35.9 Å². The lowest BCUT2D eigenvalue weighted by molar-refractivity contribution is 0.0703. The van der Waals surface area contributed by atoms with Gasteiger partial charge in [0.2, 0.25) is 0 Å². The van der Waals surface area contributed by atoms with Crippen LogP contribution in [0.15, 0.2) is 16.7 Å². The molecule has 2 rings (SSSR count). The number of nitrogens with one attached hydrogen (secondary N) is 1. The molecule has 0 bridgehead atoms. The molecule has 3 N–H and O–H groups in total. The molecule has 1 saturated heterocycles. The highest BCUT2D eigenvalue weighted by atomic mass is 16.5. The van der Waals surface area contributed by atoms with Crippen molar-refractivity contribution in [3.63, 3.8) is 0 Å². The van der Waals surface area contributed by atoms with E-state index >= 15 is 0 Å². The molecule has 1 unspecified atom stereocenters. The first-order valence-corrected chi connectivity index (χ1v) is 6.65. The number of carbonyl (C=O) groups excluding carboxylic acids is 1. The minimum Gasteiger partial charge on any atom is -0.467 e. The second-order valence-corrected chi connectivity index (χ2v) is 4.74. The van der Waals surface area contributed by atoms with E-state index in [0.717, 1.165) is 38.3 Å². The van der Waals surface area contributed by atoms with Gasteiger partial charge in [0.15, 0.2) is 0 Å². The van der Waals surface area contributed by atoms with E-state index < -0.39 is 0 Å². The SMILES string of the molecule is CCN(Cc1cc(C(=O)NN)co1)CC1CCCO1. The zero-order valence-corrected chi connectivity index (χ0v) is 11.2. The van der Waals surface area contributed by atoms with Crippen molar-refractivity contribution in [2.24, 2.45) is 5.84 Å². The van der Waals surface area contributed by atoms with Crippen molar-refractivity contribution in [2.45, 2.75) is 32.4 Å². The number of amides is 1. The van der Waals surface area contributed by atoms with Crippen molar-refractivity contribution >= 4 is 5.91 Å². The van der Waals surface area contributed by atoms with Crippen LogP contribution >= 0.6 is 0 Å². The van der Waals surface area contributed by atoms with Gasteiger partial charge in [-0.1, -0.05) is 6.92 Å². The molecule has 1 amide bonds. The van der Waals surface area contributed by atoms with Crippen LogP contribution in [0, 0.1) is 0 Å². The largest absolute Gasteiger partial charge is 0.467 e. The highest BCUT2D eigenvalue weighted by molar-refractivity contribution is 5.93. The third kappa shape index (κ3) is 3.79. The molecule has 1 aliphatic rings. The topological polar surface area (TPSA) is 80.7 Å². The molecule has 106 valence electrons. The van der Waals surface area contributed by atoms with Gasteiger partial charge in [-0.25, -0.2) is 5.84 Å². The van der Waals surface area contributed by atoms with Gasteiger partial charge in [0.1, 0.15) is 12.0 Å². The van der Waals surface area contributed by atoms with E-state index in [0.29, 0.717) is 18.2 Å². The van der Waals surface area contributed by atoms with Crippen molar-refractivity contribution in [3.8, 4) is 0 Å². The molecule has 1 aliphatic heterocycles. The molecule has 1 atom stereocenters. The first kappa shape index (κ1) is 14.0. The number of nitrogen functional groups attached to an aromatic ring is 1. The van der Waals surface area contributed by atoms with Crippen LogP contribution in [0.2, 0.25) is 0 Å². The predicted molar refractivity (Wildman–Crippen MR) is 70.3 cm³/mol. The van der Waals surface area contributed by atoms with Gasteiger partial charge in [-0.15, -0.1) is 0 Å². The standard InChI is InChI=1S/C13H21N3O3/c1-2-16(7-11-4-3-5-18-11)8-12-6-10(9-19-12)13(17)15-14/h6,9,11H,2-5,7-8,14H2,1H3,(H,15,17). The Kier molecular flexibility index (Phi) is 4.95. The fourth-order valence-electron chi connectivity index (χ4n) is 2.27. The Morgan fingerprint density at radius 3 is 3.11 bits per heavy atom. The molecule has 0 aliphatic carbocycles. The highest BCUT2D eigenvalue weighted by Gasteiger charge is 2.19. The van der Waals surface area contributed by atoms with Crippen molar-refractivity contribution < 1.29 is 13.9 Å². The lowest BCUT2D eigenvalue weighted by Crippen LogP contribution is -2.31. The second-order valence-electron chi connectivity index (χ2n) is 4.74. The highest BCUT2D eigenvalue weighted by Crippen LogP contribution is 2.16. The fraction of sp³-hybridized carbons (Fsp3) is 0.615. The van der Waals surface area contributed by atoms with E-state index in [4.69, 9.17) is 15.0 Å². The van der Waals surface area contributed by atoms with E-state index in [1.807, 2.05) is 0 Å². The van der Waals surface area contributed by atoms with Crippen LogP contribution in [-0.4, -0.2) is 36.6 Å². The number of hydrogen-bond donors (Lipinski definition) is 2. The molecular weight excluding hydrogens is 246 g/mol. The van der Waals surface area contributed by atoms with E-state index in [1.54, 1.807) is 6.07 Å². The number of nitrogens with zero attached hydrogens (tertiary/aromatic N) is 1. The lowest BCUT2D eigenvalue weighted by Gasteiger charge is -2.22. The van der Waals surface area contributed by atoms with Gasteiger partial charge in [0.05, 0.1) is 18.2 Å². The number of likely N-dealkylation sites (N-methyl/N-ethyl adjacent to an activating group) is 1. The summed E-state index contributed by atoms with van der Waals surface area (Å²) in [6, 6.07) is 1.72. The summed E-state index contributed by atoms with van der Waals surface area (Å²) in [5, 5.41) is 0. The van der Waals surface area contributed by atoms with Crippen LogP contribution in [0.5, 0.6) is 0 Å². The first-order valence-electron chi connectivity index (χ1n) is 6.65. The summed E-state index contributed by atoms with van der Waals surface area (Å²) in [4.78, 5) is 13.6. The monoisotopic (exact) mass is 267 g/mol. The maximum absolute atomic E-state index is 11.3. The molecule has 19 heavy (non-hydrogen) atoms. The third-order valence-corrected chi connectivity index (χ3v) is 3.36. The summed E-state index contributed by atoms with van der Waals surface area (Å²) in [5.41, 5.74) is 2.54. The van der Waals surface area contributed by atoms with E-state index in [9.17, 15) is 4.79 Å². The molecule has 0 spiro atoms. The number of carbonyl (C=O) groups is 1. The molecule has 0 radical (unpaired) electrons. The summed E-state index contributed by atoms with van der Waals surface area (Å²) in [7, 11) is 0. The van der Waals surface area contributed by atoms with Crippen LogP contribution in [0.3, 0.4) is 0 Å². The molecule has 0 saturated carbocycles. The first-order chi connectivity index (χ1) is 9.22. The molecule has 0 aromatic carbocycles. The average Bonchev–Trinajstić information content (AvgIpc) is 3.08. The fourth-order valence-corrected chi connectivity index (χ4v) is 2.27. The molecule has 1 aromatic rings. The van der Waals surface area contributed by atoms with Crippen LogP contribution in [-0.2, 0) is 11.3 Å². The Morgan fingerprint density at radius 1 is 1.63 bits per heavy atom. The van der Waals surface area contributed by atoms with Gasteiger partial charge < -0.3 is 9.15 Å². The van der Waals surface area contributed by atoms with Gasteiger partial charge >= 0.3 is 0 Å². The number of rotatable bonds is 6. The Bertz CT molecular complexity index is 413. The number of hydrazine groups is 1. The van der Waals surface area contributed by atoms with Gasteiger partial charge in [-0.05, 0) is 25.5 Å². The van der Waals surface area contributed by atoms with Crippen molar-refractivity contribution in [1.82, 2.24) is 10.3 Å². The Labute approximate surface area is 112 Å². The second kappa shape index (κ2) is 6.70. The lowest BCUT2D eigenvalue weighted by atomic mass is 10.2. The maximum atomic E-state index is 11.3. The van der Waals surface area contributed by atoms with Crippen LogP contribution in [0.4, 0.5) is 0 Å². The minimum absolute atomic E-state index is 0.321. The summed E-state index contributed by atoms with van der Waals surface area (Å²) < 4.78 is 11.0. The number of hydrogen-bond acceptors (Lipinski definition) is 5. The van der Waals surface area contributed by atoms with Crippen LogP contribution in [0.25, 0.3) is 0 Å². The zero-order valence-electron chi connectivity index (χ0n) is 11.2. The van der Waals surface area contributed by atoms with Gasteiger partial charge in [-0.3, -0.25) is 15.1 Å². The van der Waals surface area contributed by atoms with E-state index in [-0.39, 0.29) is 5.91 Å². The normalized spacial score (nSPS) is 19.0. The van der Waals surface area contributed by atoms with Crippen molar-refractivity contribution in [1.29, 1.82) is 0 Å². The minimum atomic E-state index is -0.336. The Morgan fingerprint density at radius 2 is 2.47 bits per heavy atom. The van der Waals surface area contributed by atoms with Gasteiger partial charge in [0.25, 0.3) is 5.91 Å². The number of ether oxygens (including phenoxy) is 1.